The fourth-order valence-corrected chi connectivity index (χ4v) is 6.01. The highest BCUT2D eigenvalue weighted by atomic mass is 16.9. The van der Waals surface area contributed by atoms with Crippen LogP contribution in [0.4, 0.5) is 0 Å². The second kappa shape index (κ2) is 15.6. The molecule has 0 bridgehead atoms. The lowest BCUT2D eigenvalue weighted by molar-refractivity contribution is -0.353. The number of hydrogen-bond acceptors (Lipinski definition) is 12. The van der Waals surface area contributed by atoms with E-state index in [0.717, 1.165) is 0 Å². The first-order chi connectivity index (χ1) is 25.2. The minimum atomic E-state index is -2.35. The molecule has 2 heterocycles. The van der Waals surface area contributed by atoms with E-state index in [-0.39, 0.29) is 35.1 Å². The third-order valence-electron chi connectivity index (χ3n) is 8.85. The monoisotopic (exact) mass is 707 g/mol. The number of ether oxygens (including phenoxy) is 7. The van der Waals surface area contributed by atoms with Gasteiger partial charge in [-0.1, -0.05) is 86.6 Å². The largest absolute Gasteiger partial charge is 0.459 e. The van der Waals surface area contributed by atoms with Gasteiger partial charge in [-0.3, -0.25) is 10.1 Å². The molecule has 2 fully saturated rings. The number of benzene rings is 4. The molecular formula is C40H37NO11. The summed E-state index contributed by atoms with van der Waals surface area (Å²) in [4.78, 5) is 54.5. The van der Waals surface area contributed by atoms with E-state index in [0.29, 0.717) is 0 Å². The van der Waals surface area contributed by atoms with Gasteiger partial charge in [-0.2, -0.15) is 0 Å². The van der Waals surface area contributed by atoms with Crippen LogP contribution < -0.4 is 0 Å². The zero-order valence-corrected chi connectivity index (χ0v) is 28.5. The van der Waals surface area contributed by atoms with Gasteiger partial charge in [0.15, 0.2) is 12.2 Å². The van der Waals surface area contributed by atoms with Crippen molar-refractivity contribution in [2.75, 3.05) is 6.61 Å². The molecule has 5 atom stereocenters. The zero-order chi connectivity index (χ0) is 36.7. The molecule has 0 unspecified atom stereocenters. The van der Waals surface area contributed by atoms with Crippen molar-refractivity contribution in [1.82, 2.24) is 0 Å². The average Bonchev–Trinajstić information content (AvgIpc) is 3.48. The summed E-state index contributed by atoms with van der Waals surface area (Å²) in [5.41, 5.74) is 0.645. The number of carbonyl (C=O) groups is 4. The molecule has 2 aliphatic rings. The molecule has 4 aromatic rings. The van der Waals surface area contributed by atoms with E-state index in [4.69, 9.17) is 38.6 Å². The van der Waals surface area contributed by atoms with Gasteiger partial charge in [-0.25, -0.2) is 19.2 Å². The molecule has 1 N–H and O–H groups in total. The number of hydrogen-bond donors (Lipinski definition) is 1. The van der Waals surface area contributed by atoms with E-state index >= 15 is 0 Å². The Labute approximate surface area is 300 Å². The van der Waals surface area contributed by atoms with Crippen molar-refractivity contribution in [1.29, 1.82) is 5.41 Å². The second-order valence-electron chi connectivity index (χ2n) is 12.1. The lowest BCUT2D eigenvalue weighted by atomic mass is 9.91. The lowest BCUT2D eigenvalue weighted by Gasteiger charge is -2.48. The summed E-state index contributed by atoms with van der Waals surface area (Å²) in [6.07, 6.45) is -6.03. The van der Waals surface area contributed by atoms with Crippen LogP contribution in [-0.2, 0) is 33.2 Å². The van der Waals surface area contributed by atoms with Crippen LogP contribution in [0, 0.1) is 5.41 Å². The van der Waals surface area contributed by atoms with Crippen LogP contribution in [0.15, 0.2) is 121 Å². The molecule has 12 nitrogen and oxygen atoms in total. The number of carbonyl (C=O) groups excluding carboxylic acids is 4. The standard InChI is InChI=1S/C40H37NO11/c1-3-39(4-2)51-38(41)40(52-39)33(49-37(45)29-23-15-8-16-24-29)32(48-36(44)28-21-13-7-14-22-28)31(47-35(43)27-19-11-6-12-20-27)30(50-40)25-46-34(42)26-17-9-5-10-18-26/h5-24,30-33,41H,3-4,25H2,1-2H3/t30-,31-,32+,33-,40-/m1/s1. The second-order valence-corrected chi connectivity index (χ2v) is 12.1. The number of nitrogens with one attached hydrogen (secondary N) is 1. The van der Waals surface area contributed by atoms with Gasteiger partial charge in [0.05, 0.1) is 22.3 Å². The minimum Gasteiger partial charge on any atom is -0.459 e. The van der Waals surface area contributed by atoms with E-state index in [1.165, 1.54) is 36.4 Å². The zero-order valence-electron chi connectivity index (χ0n) is 28.5. The lowest BCUT2D eigenvalue weighted by Crippen LogP contribution is -2.70. The van der Waals surface area contributed by atoms with Crippen LogP contribution in [0.5, 0.6) is 0 Å². The Kier molecular flexibility index (Phi) is 10.8. The third-order valence-corrected chi connectivity index (χ3v) is 8.85. The Balaban J connectivity index is 1.48. The fraction of sp³-hybridized carbons (Fsp3) is 0.275. The maximum absolute atomic E-state index is 13.8. The Morgan fingerprint density at radius 2 is 1.00 bits per heavy atom. The highest BCUT2D eigenvalue weighted by Crippen LogP contribution is 2.47. The highest BCUT2D eigenvalue weighted by Gasteiger charge is 2.70. The van der Waals surface area contributed by atoms with Crippen LogP contribution >= 0.6 is 0 Å². The summed E-state index contributed by atoms with van der Waals surface area (Å²) >= 11 is 0. The molecule has 6 rings (SSSR count). The SMILES string of the molecule is CCC1(CC)OC(=N)[C@]2(O[C@H](COC(=O)c3ccccc3)[C@@H](OC(=O)c3ccccc3)[C@H](OC(=O)c3ccccc3)[C@H]2OC(=O)c2ccccc2)O1. The fourth-order valence-electron chi connectivity index (χ4n) is 6.01. The molecule has 0 amide bonds. The molecule has 268 valence electrons. The molecule has 2 saturated heterocycles. The molecule has 12 heteroatoms. The Bertz CT molecular complexity index is 1880. The van der Waals surface area contributed by atoms with Crippen molar-refractivity contribution in [2.24, 2.45) is 0 Å². The van der Waals surface area contributed by atoms with Crippen LogP contribution in [0.3, 0.4) is 0 Å². The summed E-state index contributed by atoms with van der Waals surface area (Å²) < 4.78 is 43.0. The first-order valence-corrected chi connectivity index (χ1v) is 16.8. The Hall–Kier alpha value is -5.85. The van der Waals surface area contributed by atoms with E-state index < -0.39 is 72.4 Å². The van der Waals surface area contributed by atoms with Gasteiger partial charge >= 0.3 is 23.9 Å². The first kappa shape index (κ1) is 36.0. The smallest absolute Gasteiger partial charge is 0.338 e. The molecule has 52 heavy (non-hydrogen) atoms. The quantitative estimate of drug-likeness (QED) is 0.141. The molecule has 1 spiro atoms. The predicted molar refractivity (Wildman–Crippen MR) is 184 cm³/mol. The molecule has 0 radical (unpaired) electrons. The Morgan fingerprint density at radius 1 is 0.596 bits per heavy atom. The summed E-state index contributed by atoms with van der Waals surface area (Å²) in [6, 6.07) is 32.3. The van der Waals surface area contributed by atoms with Crippen molar-refractivity contribution < 1.29 is 52.3 Å². The van der Waals surface area contributed by atoms with E-state index in [2.05, 4.69) is 0 Å². The number of esters is 4. The average molecular weight is 708 g/mol. The highest BCUT2D eigenvalue weighted by molar-refractivity contribution is 5.92. The van der Waals surface area contributed by atoms with Gasteiger partial charge < -0.3 is 28.4 Å². The molecule has 0 aromatic heterocycles. The normalized spacial score (nSPS) is 23.2. The number of rotatable bonds is 11. The van der Waals surface area contributed by atoms with Crippen LogP contribution in [0.25, 0.3) is 0 Å². The summed E-state index contributed by atoms with van der Waals surface area (Å²) in [5, 5.41) is 9.13. The summed E-state index contributed by atoms with van der Waals surface area (Å²) in [5.74, 6) is -7.66. The van der Waals surface area contributed by atoms with E-state index in [1.54, 1.807) is 98.8 Å². The van der Waals surface area contributed by atoms with Crippen molar-refractivity contribution in [3.8, 4) is 0 Å². The van der Waals surface area contributed by atoms with Gasteiger partial charge in [-0.15, -0.1) is 0 Å². The molecule has 2 aliphatic heterocycles. The van der Waals surface area contributed by atoms with Crippen molar-refractivity contribution >= 4 is 29.8 Å². The van der Waals surface area contributed by atoms with Crippen LogP contribution in [-0.4, -0.2) is 72.4 Å². The van der Waals surface area contributed by atoms with Gasteiger partial charge in [0, 0.05) is 12.8 Å². The van der Waals surface area contributed by atoms with Gasteiger partial charge in [0.1, 0.15) is 12.7 Å². The van der Waals surface area contributed by atoms with Gasteiger partial charge in [-0.05, 0) is 48.5 Å². The van der Waals surface area contributed by atoms with E-state index in [1.807, 2.05) is 0 Å². The third kappa shape index (κ3) is 7.43. The summed E-state index contributed by atoms with van der Waals surface area (Å²) in [6.45, 7) is 2.99. The van der Waals surface area contributed by atoms with Crippen molar-refractivity contribution in [3.63, 3.8) is 0 Å². The predicted octanol–water partition coefficient (Wildman–Crippen LogP) is 6.16. The first-order valence-electron chi connectivity index (χ1n) is 16.8. The van der Waals surface area contributed by atoms with Crippen molar-refractivity contribution in [3.05, 3.63) is 144 Å². The van der Waals surface area contributed by atoms with Crippen LogP contribution in [0.2, 0.25) is 0 Å². The Morgan fingerprint density at radius 3 is 1.42 bits per heavy atom. The maximum Gasteiger partial charge on any atom is 0.338 e. The topological polar surface area (TPSA) is 157 Å². The van der Waals surface area contributed by atoms with Crippen molar-refractivity contribution in [2.45, 2.75) is 62.7 Å². The van der Waals surface area contributed by atoms with Gasteiger partial charge in [0.2, 0.25) is 17.8 Å². The summed E-state index contributed by atoms with van der Waals surface area (Å²) in [7, 11) is 0. The molecule has 0 saturated carbocycles. The minimum absolute atomic E-state index is 0.130. The van der Waals surface area contributed by atoms with Gasteiger partial charge in [0.25, 0.3) is 5.79 Å². The molecular weight excluding hydrogens is 670 g/mol. The maximum atomic E-state index is 13.8. The molecule has 0 aliphatic carbocycles. The van der Waals surface area contributed by atoms with Crippen LogP contribution in [0.1, 0.15) is 68.1 Å². The molecule has 4 aromatic carbocycles. The van der Waals surface area contributed by atoms with E-state index in [9.17, 15) is 19.2 Å².